The van der Waals surface area contributed by atoms with Crippen molar-refractivity contribution >= 4 is 5.91 Å². The van der Waals surface area contributed by atoms with Crippen molar-refractivity contribution in [3.8, 4) is 5.75 Å². The summed E-state index contributed by atoms with van der Waals surface area (Å²) in [4.78, 5) is 14.0. The third-order valence-electron chi connectivity index (χ3n) is 3.20. The number of morpholine rings is 1. The number of nitrogens with zero attached hydrogens (tertiary/aromatic N) is 1. The highest BCUT2D eigenvalue weighted by Gasteiger charge is 2.34. The van der Waals surface area contributed by atoms with Gasteiger partial charge >= 0.3 is 0 Å². The molecule has 1 amide bonds. The standard InChI is InChI=1S/C15H22N2O3/c1-15(2)11-17(9-13(8-16)20-15)14(18)10-19-12-6-4-3-5-7-12/h3-7,13H,8-11,16H2,1-2H3. The first-order chi connectivity index (χ1) is 9.50. The lowest BCUT2D eigenvalue weighted by atomic mass is 10.1. The number of carbonyl (C=O) groups is 1. The Morgan fingerprint density at radius 1 is 1.45 bits per heavy atom. The number of hydrogen-bond acceptors (Lipinski definition) is 4. The van der Waals surface area contributed by atoms with Crippen LogP contribution in [-0.4, -0.2) is 48.8 Å². The average molecular weight is 278 g/mol. The van der Waals surface area contributed by atoms with Crippen LogP contribution in [0.15, 0.2) is 30.3 Å². The molecule has 1 heterocycles. The van der Waals surface area contributed by atoms with E-state index >= 15 is 0 Å². The molecule has 2 N–H and O–H groups in total. The van der Waals surface area contributed by atoms with Crippen molar-refractivity contribution < 1.29 is 14.3 Å². The van der Waals surface area contributed by atoms with Gasteiger partial charge in [-0.15, -0.1) is 0 Å². The van der Waals surface area contributed by atoms with E-state index in [2.05, 4.69) is 0 Å². The number of ether oxygens (including phenoxy) is 2. The molecule has 1 aromatic rings. The van der Waals surface area contributed by atoms with E-state index in [1.165, 1.54) is 0 Å². The average Bonchev–Trinajstić information content (AvgIpc) is 2.44. The first-order valence-electron chi connectivity index (χ1n) is 6.84. The van der Waals surface area contributed by atoms with Gasteiger partial charge in [-0.3, -0.25) is 4.79 Å². The molecule has 0 aliphatic carbocycles. The summed E-state index contributed by atoms with van der Waals surface area (Å²) in [5.74, 6) is 0.660. The van der Waals surface area contributed by atoms with Gasteiger partial charge in [0.1, 0.15) is 5.75 Å². The van der Waals surface area contributed by atoms with Crippen molar-refractivity contribution in [1.82, 2.24) is 4.90 Å². The van der Waals surface area contributed by atoms with Crippen LogP contribution in [0.5, 0.6) is 5.75 Å². The maximum absolute atomic E-state index is 12.2. The van der Waals surface area contributed by atoms with E-state index in [0.717, 1.165) is 0 Å². The number of amides is 1. The molecule has 5 nitrogen and oxygen atoms in total. The van der Waals surface area contributed by atoms with E-state index in [-0.39, 0.29) is 24.2 Å². The molecule has 0 spiro atoms. The van der Waals surface area contributed by atoms with Crippen molar-refractivity contribution in [2.24, 2.45) is 5.73 Å². The molecule has 1 atom stereocenters. The molecular weight excluding hydrogens is 256 g/mol. The van der Waals surface area contributed by atoms with Gasteiger partial charge in [-0.25, -0.2) is 0 Å². The molecule has 20 heavy (non-hydrogen) atoms. The molecular formula is C15H22N2O3. The Balaban J connectivity index is 1.91. The maximum Gasteiger partial charge on any atom is 0.260 e. The Kier molecular flexibility index (Phi) is 4.62. The molecule has 0 saturated carbocycles. The predicted molar refractivity (Wildman–Crippen MR) is 76.5 cm³/mol. The van der Waals surface area contributed by atoms with E-state index < -0.39 is 0 Å². The van der Waals surface area contributed by atoms with Gasteiger partial charge in [0.25, 0.3) is 5.91 Å². The summed E-state index contributed by atoms with van der Waals surface area (Å²) in [5.41, 5.74) is 5.29. The summed E-state index contributed by atoms with van der Waals surface area (Å²) in [7, 11) is 0. The molecule has 0 aromatic heterocycles. The maximum atomic E-state index is 12.2. The Morgan fingerprint density at radius 3 is 2.80 bits per heavy atom. The molecule has 1 unspecified atom stereocenters. The zero-order valence-corrected chi connectivity index (χ0v) is 12.0. The number of rotatable bonds is 4. The molecule has 110 valence electrons. The van der Waals surface area contributed by atoms with Crippen molar-refractivity contribution in [3.63, 3.8) is 0 Å². The fraction of sp³-hybridized carbons (Fsp3) is 0.533. The van der Waals surface area contributed by atoms with Crippen LogP contribution in [0, 0.1) is 0 Å². The Bertz CT molecular complexity index is 448. The number of nitrogens with two attached hydrogens (primary N) is 1. The molecule has 0 bridgehead atoms. The summed E-state index contributed by atoms with van der Waals surface area (Å²) in [6.07, 6.45) is -0.112. The fourth-order valence-electron chi connectivity index (χ4n) is 2.36. The van der Waals surface area contributed by atoms with Crippen LogP contribution in [0.1, 0.15) is 13.8 Å². The normalized spacial score (nSPS) is 21.6. The summed E-state index contributed by atoms with van der Waals surface area (Å²) < 4.78 is 11.3. The Hall–Kier alpha value is -1.59. The number of para-hydroxylation sites is 1. The Labute approximate surface area is 119 Å². The van der Waals surface area contributed by atoms with Crippen LogP contribution in [0.3, 0.4) is 0 Å². The first-order valence-corrected chi connectivity index (χ1v) is 6.84. The molecule has 2 rings (SSSR count). The van der Waals surface area contributed by atoms with Gasteiger partial charge < -0.3 is 20.1 Å². The quantitative estimate of drug-likeness (QED) is 0.893. The third kappa shape index (κ3) is 3.95. The topological polar surface area (TPSA) is 64.8 Å². The predicted octanol–water partition coefficient (Wildman–Crippen LogP) is 1.03. The number of hydrogen-bond donors (Lipinski definition) is 1. The SMILES string of the molecule is CC1(C)CN(C(=O)COc2ccccc2)CC(CN)O1. The highest BCUT2D eigenvalue weighted by atomic mass is 16.5. The molecule has 1 aromatic carbocycles. The van der Waals surface area contributed by atoms with Gasteiger partial charge in [-0.05, 0) is 26.0 Å². The van der Waals surface area contributed by atoms with E-state index in [1.54, 1.807) is 4.90 Å². The van der Waals surface area contributed by atoms with Gasteiger partial charge in [0, 0.05) is 19.6 Å². The fourth-order valence-corrected chi connectivity index (χ4v) is 2.36. The number of carbonyl (C=O) groups excluding carboxylic acids is 1. The van der Waals surface area contributed by atoms with Crippen molar-refractivity contribution in [2.45, 2.75) is 25.6 Å². The molecule has 1 aliphatic heterocycles. The zero-order chi connectivity index (χ0) is 14.6. The second-order valence-electron chi connectivity index (χ2n) is 5.61. The summed E-state index contributed by atoms with van der Waals surface area (Å²) >= 11 is 0. The van der Waals surface area contributed by atoms with Gasteiger partial charge in [0.2, 0.25) is 0 Å². The van der Waals surface area contributed by atoms with Crippen LogP contribution < -0.4 is 10.5 Å². The van der Waals surface area contributed by atoms with E-state index in [0.29, 0.717) is 25.4 Å². The van der Waals surface area contributed by atoms with Crippen LogP contribution >= 0.6 is 0 Å². The largest absolute Gasteiger partial charge is 0.484 e. The lowest BCUT2D eigenvalue weighted by Gasteiger charge is -2.42. The molecule has 0 radical (unpaired) electrons. The molecule has 5 heteroatoms. The molecule has 1 fully saturated rings. The lowest BCUT2D eigenvalue weighted by Crippen LogP contribution is -2.57. The van der Waals surface area contributed by atoms with Crippen LogP contribution in [0.25, 0.3) is 0 Å². The minimum absolute atomic E-state index is 0.0383. The molecule has 1 saturated heterocycles. The van der Waals surface area contributed by atoms with Crippen molar-refractivity contribution in [3.05, 3.63) is 30.3 Å². The van der Waals surface area contributed by atoms with Crippen LogP contribution in [0.2, 0.25) is 0 Å². The van der Waals surface area contributed by atoms with Crippen molar-refractivity contribution in [1.29, 1.82) is 0 Å². The summed E-state index contributed by atoms with van der Waals surface area (Å²) in [6, 6.07) is 9.33. The second-order valence-corrected chi connectivity index (χ2v) is 5.61. The zero-order valence-electron chi connectivity index (χ0n) is 12.0. The lowest BCUT2D eigenvalue weighted by molar-refractivity contribution is -0.160. The van der Waals surface area contributed by atoms with Gasteiger partial charge in [0.05, 0.1) is 11.7 Å². The van der Waals surface area contributed by atoms with Crippen molar-refractivity contribution in [2.75, 3.05) is 26.2 Å². The second kappa shape index (κ2) is 6.24. The number of benzene rings is 1. The van der Waals surface area contributed by atoms with Gasteiger partial charge in [-0.1, -0.05) is 18.2 Å². The van der Waals surface area contributed by atoms with Crippen LogP contribution in [-0.2, 0) is 9.53 Å². The van der Waals surface area contributed by atoms with Crippen LogP contribution in [0.4, 0.5) is 0 Å². The molecule has 1 aliphatic rings. The highest BCUT2D eigenvalue weighted by Crippen LogP contribution is 2.20. The van der Waals surface area contributed by atoms with Gasteiger partial charge in [0.15, 0.2) is 6.61 Å². The minimum atomic E-state index is -0.370. The van der Waals surface area contributed by atoms with E-state index in [4.69, 9.17) is 15.2 Å². The highest BCUT2D eigenvalue weighted by molar-refractivity contribution is 5.78. The monoisotopic (exact) mass is 278 g/mol. The first kappa shape index (κ1) is 14.8. The minimum Gasteiger partial charge on any atom is -0.484 e. The Morgan fingerprint density at radius 2 is 2.15 bits per heavy atom. The van der Waals surface area contributed by atoms with Gasteiger partial charge in [-0.2, -0.15) is 0 Å². The van der Waals surface area contributed by atoms with E-state index in [1.807, 2.05) is 44.2 Å². The van der Waals surface area contributed by atoms with E-state index in [9.17, 15) is 4.79 Å². The smallest absolute Gasteiger partial charge is 0.260 e. The summed E-state index contributed by atoms with van der Waals surface area (Å²) in [6.45, 7) is 5.46. The third-order valence-corrected chi connectivity index (χ3v) is 3.20. The summed E-state index contributed by atoms with van der Waals surface area (Å²) in [5, 5.41) is 0.